The molecule has 0 saturated heterocycles. The van der Waals surface area contributed by atoms with E-state index in [1.54, 1.807) is 10.5 Å². The molecule has 0 spiro atoms. The fraction of sp³-hybridized carbons (Fsp3) is 0. The standard InChI is InChI=1S/C9H4ClFN4/c10-8-9-14-12-4-15(9)7-2-1-5(11)3-6(7)13-8/h1-4H. The minimum absolute atomic E-state index is 0.214. The lowest BCUT2D eigenvalue weighted by Gasteiger charge is -2.01. The van der Waals surface area contributed by atoms with Gasteiger partial charge in [0.25, 0.3) is 0 Å². The number of fused-ring (bicyclic) bond motifs is 3. The maximum Gasteiger partial charge on any atom is 0.198 e. The van der Waals surface area contributed by atoms with Crippen LogP contribution in [0.1, 0.15) is 0 Å². The van der Waals surface area contributed by atoms with Gasteiger partial charge in [-0.25, -0.2) is 9.37 Å². The Labute approximate surface area is 88.3 Å². The maximum atomic E-state index is 13.0. The Morgan fingerprint density at radius 2 is 2.20 bits per heavy atom. The van der Waals surface area contributed by atoms with Crippen molar-refractivity contribution < 1.29 is 4.39 Å². The van der Waals surface area contributed by atoms with Crippen molar-refractivity contribution in [3.8, 4) is 0 Å². The number of hydrogen-bond acceptors (Lipinski definition) is 3. The summed E-state index contributed by atoms with van der Waals surface area (Å²) in [7, 11) is 0. The van der Waals surface area contributed by atoms with Crippen LogP contribution in [0.5, 0.6) is 0 Å². The van der Waals surface area contributed by atoms with Crippen LogP contribution in [0.25, 0.3) is 16.7 Å². The lowest BCUT2D eigenvalue weighted by atomic mass is 10.3. The first-order valence-corrected chi connectivity index (χ1v) is 4.58. The zero-order chi connectivity index (χ0) is 10.4. The Hall–Kier alpha value is -1.75. The summed E-state index contributed by atoms with van der Waals surface area (Å²) in [5.41, 5.74) is 1.67. The molecule has 3 rings (SSSR count). The van der Waals surface area contributed by atoms with Crippen molar-refractivity contribution in [3.63, 3.8) is 0 Å². The van der Waals surface area contributed by atoms with Crippen LogP contribution in [-0.4, -0.2) is 19.6 Å². The minimum atomic E-state index is -0.349. The molecule has 6 heteroatoms. The van der Waals surface area contributed by atoms with Crippen LogP contribution in [0, 0.1) is 5.82 Å². The highest BCUT2D eigenvalue weighted by Gasteiger charge is 2.08. The highest BCUT2D eigenvalue weighted by molar-refractivity contribution is 6.32. The number of halogens is 2. The van der Waals surface area contributed by atoms with Crippen molar-refractivity contribution in [1.29, 1.82) is 0 Å². The number of benzene rings is 1. The molecular formula is C9H4ClFN4. The minimum Gasteiger partial charge on any atom is -0.277 e. The predicted octanol–water partition coefficient (Wildman–Crippen LogP) is 2.07. The molecule has 0 N–H and O–H groups in total. The summed E-state index contributed by atoms with van der Waals surface area (Å²) >= 11 is 5.87. The van der Waals surface area contributed by atoms with Gasteiger partial charge in [-0.1, -0.05) is 11.6 Å². The third-order valence-corrected chi connectivity index (χ3v) is 2.40. The van der Waals surface area contributed by atoms with Gasteiger partial charge in [-0.3, -0.25) is 4.40 Å². The first kappa shape index (κ1) is 8.55. The molecule has 3 aromatic rings. The van der Waals surface area contributed by atoms with Crippen molar-refractivity contribution in [2.75, 3.05) is 0 Å². The van der Waals surface area contributed by atoms with Gasteiger partial charge in [0.15, 0.2) is 10.8 Å². The summed E-state index contributed by atoms with van der Waals surface area (Å²) in [6, 6.07) is 4.29. The smallest absolute Gasteiger partial charge is 0.198 e. The van der Waals surface area contributed by atoms with E-state index in [1.807, 2.05) is 0 Å². The third kappa shape index (κ3) is 1.16. The monoisotopic (exact) mass is 222 g/mol. The van der Waals surface area contributed by atoms with Crippen molar-refractivity contribution in [1.82, 2.24) is 19.6 Å². The second kappa shape index (κ2) is 2.87. The third-order valence-electron chi connectivity index (χ3n) is 2.15. The second-order valence-electron chi connectivity index (χ2n) is 3.06. The molecule has 1 aromatic carbocycles. The Kier molecular flexibility index (Phi) is 1.63. The molecule has 2 heterocycles. The molecule has 2 aromatic heterocycles. The van der Waals surface area contributed by atoms with Crippen LogP contribution in [-0.2, 0) is 0 Å². The average Bonchev–Trinajstić information content (AvgIpc) is 2.66. The van der Waals surface area contributed by atoms with Gasteiger partial charge in [-0.2, -0.15) is 0 Å². The van der Waals surface area contributed by atoms with E-state index in [-0.39, 0.29) is 11.0 Å². The lowest BCUT2D eigenvalue weighted by molar-refractivity contribution is 0.629. The lowest BCUT2D eigenvalue weighted by Crippen LogP contribution is -1.92. The molecule has 0 atom stereocenters. The van der Waals surface area contributed by atoms with Crippen LogP contribution in [0.2, 0.25) is 5.15 Å². The van der Waals surface area contributed by atoms with Gasteiger partial charge in [0.2, 0.25) is 0 Å². The quantitative estimate of drug-likeness (QED) is 0.585. The van der Waals surface area contributed by atoms with Gasteiger partial charge in [-0.15, -0.1) is 10.2 Å². The Balaban J connectivity index is 2.60. The van der Waals surface area contributed by atoms with E-state index in [1.165, 1.54) is 18.5 Å². The summed E-state index contributed by atoms with van der Waals surface area (Å²) in [5, 5.41) is 7.76. The van der Waals surface area contributed by atoms with Crippen LogP contribution < -0.4 is 0 Å². The van der Waals surface area contributed by atoms with Crippen LogP contribution in [0.15, 0.2) is 24.5 Å². The molecule has 0 aliphatic heterocycles. The van der Waals surface area contributed by atoms with E-state index >= 15 is 0 Å². The number of hydrogen-bond donors (Lipinski definition) is 0. The van der Waals surface area contributed by atoms with E-state index in [9.17, 15) is 4.39 Å². The van der Waals surface area contributed by atoms with Crippen molar-refractivity contribution >= 4 is 28.3 Å². The predicted molar refractivity (Wildman–Crippen MR) is 53.3 cm³/mol. The zero-order valence-electron chi connectivity index (χ0n) is 7.35. The molecular weight excluding hydrogens is 219 g/mol. The molecule has 0 amide bonds. The van der Waals surface area contributed by atoms with Crippen molar-refractivity contribution in [3.05, 3.63) is 35.5 Å². The van der Waals surface area contributed by atoms with Gasteiger partial charge < -0.3 is 0 Å². The average molecular weight is 223 g/mol. The molecule has 0 radical (unpaired) electrons. The SMILES string of the molecule is Fc1ccc2c(c1)nc(Cl)c1nncn12. The fourth-order valence-corrected chi connectivity index (χ4v) is 1.72. The van der Waals surface area contributed by atoms with Gasteiger partial charge in [0, 0.05) is 6.07 Å². The number of aromatic nitrogens is 4. The van der Waals surface area contributed by atoms with Gasteiger partial charge >= 0.3 is 0 Å². The summed E-state index contributed by atoms with van der Waals surface area (Å²) in [5.74, 6) is -0.349. The molecule has 15 heavy (non-hydrogen) atoms. The fourth-order valence-electron chi connectivity index (χ4n) is 1.50. The van der Waals surface area contributed by atoms with Crippen LogP contribution in [0.4, 0.5) is 4.39 Å². The Morgan fingerprint density at radius 3 is 3.07 bits per heavy atom. The molecule has 0 fully saturated rings. The molecule has 0 bridgehead atoms. The van der Waals surface area contributed by atoms with Gasteiger partial charge in [0.05, 0.1) is 11.0 Å². The van der Waals surface area contributed by atoms with E-state index in [0.29, 0.717) is 11.2 Å². The largest absolute Gasteiger partial charge is 0.277 e. The highest BCUT2D eigenvalue weighted by Crippen LogP contribution is 2.20. The van der Waals surface area contributed by atoms with Gasteiger partial charge in [0.1, 0.15) is 12.1 Å². The number of rotatable bonds is 0. The zero-order valence-corrected chi connectivity index (χ0v) is 8.11. The first-order valence-electron chi connectivity index (χ1n) is 4.20. The van der Waals surface area contributed by atoms with E-state index in [4.69, 9.17) is 11.6 Å². The molecule has 0 saturated carbocycles. The summed E-state index contributed by atoms with van der Waals surface area (Å²) in [6.07, 6.45) is 1.52. The molecule has 0 aliphatic carbocycles. The Morgan fingerprint density at radius 1 is 1.33 bits per heavy atom. The maximum absolute atomic E-state index is 13.0. The van der Waals surface area contributed by atoms with E-state index in [2.05, 4.69) is 15.2 Å². The molecule has 74 valence electrons. The number of nitrogens with zero attached hydrogens (tertiary/aromatic N) is 4. The summed E-state index contributed by atoms with van der Waals surface area (Å²) in [6.45, 7) is 0. The Bertz CT molecular complexity index is 664. The summed E-state index contributed by atoms with van der Waals surface area (Å²) < 4.78 is 14.6. The second-order valence-corrected chi connectivity index (χ2v) is 3.42. The molecule has 0 aliphatic rings. The van der Waals surface area contributed by atoms with Gasteiger partial charge in [-0.05, 0) is 12.1 Å². The first-order chi connectivity index (χ1) is 7.25. The normalized spacial score (nSPS) is 11.3. The van der Waals surface area contributed by atoms with E-state index < -0.39 is 0 Å². The van der Waals surface area contributed by atoms with E-state index in [0.717, 1.165) is 5.52 Å². The van der Waals surface area contributed by atoms with Crippen LogP contribution >= 0.6 is 11.6 Å². The topological polar surface area (TPSA) is 43.1 Å². The highest BCUT2D eigenvalue weighted by atomic mass is 35.5. The van der Waals surface area contributed by atoms with Crippen molar-refractivity contribution in [2.24, 2.45) is 0 Å². The summed E-state index contributed by atoms with van der Waals surface area (Å²) in [4.78, 5) is 4.04. The molecule has 4 nitrogen and oxygen atoms in total. The van der Waals surface area contributed by atoms with Crippen molar-refractivity contribution in [2.45, 2.75) is 0 Å². The molecule has 0 unspecified atom stereocenters. The van der Waals surface area contributed by atoms with Crippen LogP contribution in [0.3, 0.4) is 0 Å².